The van der Waals surface area contributed by atoms with Crippen LogP contribution in [0, 0.1) is 13.8 Å². The Bertz CT molecular complexity index is 711. The lowest BCUT2D eigenvalue weighted by atomic mass is 10.0. The Morgan fingerprint density at radius 2 is 1.74 bits per heavy atom. The van der Waals surface area contributed by atoms with Crippen molar-refractivity contribution in [2.24, 2.45) is 0 Å². The molecule has 1 amide bonds. The van der Waals surface area contributed by atoms with Crippen LogP contribution in [0.3, 0.4) is 0 Å². The molecule has 0 aliphatic carbocycles. The van der Waals surface area contributed by atoms with E-state index >= 15 is 0 Å². The maximum atomic E-state index is 12.4. The van der Waals surface area contributed by atoms with Crippen molar-refractivity contribution >= 4 is 23.4 Å². The first-order valence-corrected chi connectivity index (χ1v) is 9.03. The minimum absolute atomic E-state index is 0.0488. The van der Waals surface area contributed by atoms with E-state index in [2.05, 4.69) is 36.2 Å². The van der Waals surface area contributed by atoms with Gasteiger partial charge in [-0.05, 0) is 54.5 Å². The van der Waals surface area contributed by atoms with Crippen molar-refractivity contribution in [1.82, 2.24) is 4.90 Å². The molecule has 120 valence electrons. The molecule has 0 radical (unpaired) electrons. The highest BCUT2D eigenvalue weighted by Gasteiger charge is 2.21. The van der Waals surface area contributed by atoms with Gasteiger partial charge < -0.3 is 5.32 Å². The van der Waals surface area contributed by atoms with Crippen LogP contribution >= 0.6 is 11.8 Å². The van der Waals surface area contributed by atoms with Crippen LogP contribution in [-0.4, -0.2) is 23.6 Å². The molecule has 0 saturated carbocycles. The molecule has 0 saturated heterocycles. The first-order valence-electron chi connectivity index (χ1n) is 7.81. The number of nitrogens with one attached hydrogen (secondary N) is 1. The molecule has 1 aliphatic heterocycles. The summed E-state index contributed by atoms with van der Waals surface area (Å²) in [6, 6.07) is 12.4. The molecule has 0 fully saturated rings. The normalized spacial score (nSPS) is 13.9. The van der Waals surface area contributed by atoms with Gasteiger partial charge in [0.25, 0.3) is 0 Å². The third kappa shape index (κ3) is 3.59. The highest BCUT2D eigenvalue weighted by atomic mass is 32.2. The van der Waals surface area contributed by atoms with Crippen molar-refractivity contribution in [3.05, 3.63) is 58.7 Å². The Morgan fingerprint density at radius 3 is 2.35 bits per heavy atom. The average molecular weight is 326 g/mol. The lowest BCUT2D eigenvalue weighted by Crippen LogP contribution is -2.29. The molecular formula is C19H22N2OS. The molecule has 3 nitrogen and oxygen atoms in total. The molecule has 4 heteroatoms. The Labute approximate surface area is 142 Å². The Kier molecular flexibility index (Phi) is 4.74. The summed E-state index contributed by atoms with van der Waals surface area (Å²) in [7, 11) is 0. The van der Waals surface area contributed by atoms with Gasteiger partial charge in [0.15, 0.2) is 0 Å². The fraction of sp³-hybridized carbons (Fsp3) is 0.316. The number of para-hydroxylation sites is 1. The summed E-state index contributed by atoms with van der Waals surface area (Å²) in [6.45, 7) is 6.42. The van der Waals surface area contributed by atoms with Gasteiger partial charge in [-0.3, -0.25) is 9.69 Å². The number of rotatable bonds is 4. The van der Waals surface area contributed by atoms with Crippen LogP contribution in [0.2, 0.25) is 0 Å². The van der Waals surface area contributed by atoms with Crippen molar-refractivity contribution in [1.29, 1.82) is 0 Å². The van der Waals surface area contributed by atoms with E-state index in [0.717, 1.165) is 23.7 Å². The van der Waals surface area contributed by atoms with Crippen LogP contribution in [0.1, 0.15) is 22.3 Å². The van der Waals surface area contributed by atoms with E-state index in [1.807, 2.05) is 30.5 Å². The van der Waals surface area contributed by atoms with Gasteiger partial charge in [0.05, 0.1) is 12.2 Å². The largest absolute Gasteiger partial charge is 0.324 e. The molecule has 0 aromatic heterocycles. The third-order valence-electron chi connectivity index (χ3n) is 4.35. The number of nitrogens with zero attached hydrogens (tertiary/aromatic N) is 1. The van der Waals surface area contributed by atoms with E-state index in [4.69, 9.17) is 0 Å². The Balaban J connectivity index is 1.64. The van der Waals surface area contributed by atoms with E-state index in [1.165, 1.54) is 22.3 Å². The SMILES string of the molecule is CSc1ccccc1NC(=O)CN1Cc2cc(C)c(C)cc2C1. The standard InChI is InChI=1S/C19H22N2OS/c1-13-8-15-10-21(11-16(15)9-14(13)2)12-19(22)20-17-6-4-5-7-18(17)23-3/h4-9H,10-12H2,1-3H3,(H,20,22). The summed E-state index contributed by atoms with van der Waals surface area (Å²) in [6.07, 6.45) is 2.02. The average Bonchev–Trinajstić information content (AvgIpc) is 2.89. The van der Waals surface area contributed by atoms with E-state index in [0.29, 0.717) is 6.54 Å². The topological polar surface area (TPSA) is 32.3 Å². The van der Waals surface area contributed by atoms with Crippen molar-refractivity contribution in [2.75, 3.05) is 18.1 Å². The van der Waals surface area contributed by atoms with Crippen LogP contribution in [-0.2, 0) is 17.9 Å². The second kappa shape index (κ2) is 6.77. The molecule has 1 heterocycles. The number of thioether (sulfide) groups is 1. The third-order valence-corrected chi connectivity index (χ3v) is 5.15. The van der Waals surface area contributed by atoms with Gasteiger partial charge in [0.2, 0.25) is 5.91 Å². The van der Waals surface area contributed by atoms with Crippen LogP contribution in [0.5, 0.6) is 0 Å². The van der Waals surface area contributed by atoms with Gasteiger partial charge in [-0.15, -0.1) is 11.8 Å². The number of amides is 1. The monoisotopic (exact) mass is 326 g/mol. The zero-order chi connectivity index (χ0) is 16.4. The number of hydrogen-bond acceptors (Lipinski definition) is 3. The Morgan fingerprint density at radius 1 is 1.13 bits per heavy atom. The second-order valence-electron chi connectivity index (χ2n) is 6.10. The number of aryl methyl sites for hydroxylation is 2. The van der Waals surface area contributed by atoms with Gasteiger partial charge in [0, 0.05) is 18.0 Å². The van der Waals surface area contributed by atoms with E-state index < -0.39 is 0 Å². The van der Waals surface area contributed by atoms with Gasteiger partial charge in [-0.25, -0.2) is 0 Å². The zero-order valence-electron chi connectivity index (χ0n) is 13.8. The number of benzene rings is 2. The fourth-order valence-corrected chi connectivity index (χ4v) is 3.57. The van der Waals surface area contributed by atoms with Crippen LogP contribution in [0.4, 0.5) is 5.69 Å². The predicted molar refractivity (Wildman–Crippen MR) is 96.9 cm³/mol. The van der Waals surface area contributed by atoms with Crippen molar-refractivity contribution in [3.8, 4) is 0 Å². The lowest BCUT2D eigenvalue weighted by molar-refractivity contribution is -0.117. The van der Waals surface area contributed by atoms with Gasteiger partial charge >= 0.3 is 0 Å². The van der Waals surface area contributed by atoms with Crippen LogP contribution in [0.15, 0.2) is 41.3 Å². The Hall–Kier alpha value is -1.78. The molecule has 23 heavy (non-hydrogen) atoms. The van der Waals surface area contributed by atoms with Crippen molar-refractivity contribution in [3.63, 3.8) is 0 Å². The molecule has 0 atom stereocenters. The van der Waals surface area contributed by atoms with Gasteiger partial charge in [-0.2, -0.15) is 0 Å². The highest BCUT2D eigenvalue weighted by molar-refractivity contribution is 7.98. The first kappa shape index (κ1) is 16.1. The van der Waals surface area contributed by atoms with Crippen molar-refractivity contribution in [2.45, 2.75) is 31.8 Å². The summed E-state index contributed by atoms with van der Waals surface area (Å²) in [5.74, 6) is 0.0488. The second-order valence-corrected chi connectivity index (χ2v) is 6.95. The van der Waals surface area contributed by atoms with E-state index in [9.17, 15) is 4.79 Å². The number of anilines is 1. The summed E-state index contributed by atoms with van der Waals surface area (Å²) in [5.41, 5.74) is 6.25. The molecule has 0 spiro atoms. The summed E-state index contributed by atoms with van der Waals surface area (Å²) < 4.78 is 0. The molecule has 0 bridgehead atoms. The summed E-state index contributed by atoms with van der Waals surface area (Å²) in [5, 5.41) is 3.04. The number of fused-ring (bicyclic) bond motifs is 1. The minimum Gasteiger partial charge on any atom is -0.324 e. The summed E-state index contributed by atoms with van der Waals surface area (Å²) >= 11 is 1.64. The first-order chi connectivity index (χ1) is 11.1. The predicted octanol–water partition coefficient (Wildman–Crippen LogP) is 3.98. The summed E-state index contributed by atoms with van der Waals surface area (Å²) in [4.78, 5) is 15.6. The molecule has 2 aromatic rings. The molecule has 3 rings (SSSR count). The van der Waals surface area contributed by atoms with E-state index in [-0.39, 0.29) is 5.91 Å². The maximum Gasteiger partial charge on any atom is 0.238 e. The smallest absolute Gasteiger partial charge is 0.238 e. The van der Waals surface area contributed by atoms with Crippen LogP contribution in [0.25, 0.3) is 0 Å². The van der Waals surface area contributed by atoms with Gasteiger partial charge in [-0.1, -0.05) is 24.3 Å². The van der Waals surface area contributed by atoms with Crippen molar-refractivity contribution < 1.29 is 4.79 Å². The maximum absolute atomic E-state index is 12.4. The molecular weight excluding hydrogens is 304 g/mol. The molecule has 1 aliphatic rings. The quantitative estimate of drug-likeness (QED) is 0.863. The molecule has 1 N–H and O–H groups in total. The minimum atomic E-state index is 0.0488. The number of carbonyl (C=O) groups excluding carboxylic acids is 1. The fourth-order valence-electron chi connectivity index (χ4n) is 3.02. The number of carbonyl (C=O) groups is 1. The molecule has 2 aromatic carbocycles. The van der Waals surface area contributed by atoms with Gasteiger partial charge in [0.1, 0.15) is 0 Å². The number of hydrogen-bond donors (Lipinski definition) is 1. The van der Waals surface area contributed by atoms with Crippen LogP contribution < -0.4 is 5.32 Å². The molecule has 0 unspecified atom stereocenters. The zero-order valence-corrected chi connectivity index (χ0v) is 14.7. The lowest BCUT2D eigenvalue weighted by Gasteiger charge is -2.15. The highest BCUT2D eigenvalue weighted by Crippen LogP contribution is 2.27. The van der Waals surface area contributed by atoms with E-state index in [1.54, 1.807) is 11.8 Å².